The van der Waals surface area contributed by atoms with Gasteiger partial charge in [-0.25, -0.2) is 4.79 Å². The zero-order valence-electron chi connectivity index (χ0n) is 12.5. The van der Waals surface area contributed by atoms with Crippen molar-refractivity contribution in [2.24, 2.45) is 0 Å². The van der Waals surface area contributed by atoms with Crippen LogP contribution in [-0.4, -0.2) is 12.6 Å². The molecule has 2 aromatic carbocycles. The molecule has 0 atom stereocenters. The minimum absolute atomic E-state index is 0.192. The molecule has 0 aromatic heterocycles. The lowest BCUT2D eigenvalue weighted by atomic mass is 10.1. The van der Waals surface area contributed by atoms with E-state index < -0.39 is 5.97 Å². The molecule has 2 aromatic rings. The summed E-state index contributed by atoms with van der Waals surface area (Å²) in [5.74, 6) is -0.495. The molecule has 0 aliphatic rings. The van der Waals surface area contributed by atoms with Gasteiger partial charge in [-0.2, -0.15) is 0 Å². The standard InChI is InChI=1S/C16H17Cl2N3O2/c1-2-23-16(22)12-3-4-13(15(20)14(12)19)21-8-9-5-10(17)7-11(18)6-9/h3-7,21H,2,8,19-20H2,1H3. The topological polar surface area (TPSA) is 90.4 Å². The fourth-order valence-corrected chi connectivity index (χ4v) is 2.66. The van der Waals surface area contributed by atoms with E-state index >= 15 is 0 Å². The van der Waals surface area contributed by atoms with E-state index in [1.54, 1.807) is 37.3 Å². The number of nitrogens with two attached hydrogens (primary N) is 2. The molecule has 0 spiro atoms. The van der Waals surface area contributed by atoms with E-state index in [4.69, 9.17) is 39.4 Å². The summed E-state index contributed by atoms with van der Waals surface area (Å²) in [6.45, 7) is 2.46. The second kappa shape index (κ2) is 7.44. The summed E-state index contributed by atoms with van der Waals surface area (Å²) in [6.07, 6.45) is 0. The van der Waals surface area contributed by atoms with Crippen LogP contribution in [0.4, 0.5) is 17.1 Å². The third-order valence-electron chi connectivity index (χ3n) is 3.19. The minimum atomic E-state index is -0.495. The zero-order valence-corrected chi connectivity index (χ0v) is 14.0. The lowest BCUT2D eigenvalue weighted by Crippen LogP contribution is -2.11. The van der Waals surface area contributed by atoms with Gasteiger partial charge in [0.15, 0.2) is 0 Å². The second-order valence-corrected chi connectivity index (χ2v) is 5.71. The molecule has 5 nitrogen and oxygen atoms in total. The van der Waals surface area contributed by atoms with Crippen LogP contribution >= 0.6 is 23.2 Å². The fourth-order valence-electron chi connectivity index (χ4n) is 2.09. The molecule has 0 saturated carbocycles. The predicted molar refractivity (Wildman–Crippen MR) is 95.0 cm³/mol. The molecule has 0 aliphatic carbocycles. The summed E-state index contributed by atoms with van der Waals surface area (Å²) >= 11 is 11.9. The number of halogens is 2. The number of hydrogen-bond donors (Lipinski definition) is 3. The Bertz CT molecular complexity index is 715. The van der Waals surface area contributed by atoms with Crippen LogP contribution < -0.4 is 16.8 Å². The maximum atomic E-state index is 11.8. The van der Waals surface area contributed by atoms with E-state index in [0.29, 0.717) is 28.0 Å². The van der Waals surface area contributed by atoms with Gasteiger partial charge in [0.25, 0.3) is 0 Å². The van der Waals surface area contributed by atoms with E-state index in [0.717, 1.165) is 5.56 Å². The quantitative estimate of drug-likeness (QED) is 0.559. The van der Waals surface area contributed by atoms with E-state index in [1.165, 1.54) is 0 Å². The maximum absolute atomic E-state index is 11.8. The smallest absolute Gasteiger partial charge is 0.340 e. The third-order valence-corrected chi connectivity index (χ3v) is 3.62. The Morgan fingerprint density at radius 2 is 1.78 bits per heavy atom. The Morgan fingerprint density at radius 1 is 1.13 bits per heavy atom. The van der Waals surface area contributed by atoms with Gasteiger partial charge in [-0.05, 0) is 42.8 Å². The number of esters is 1. The summed E-state index contributed by atoms with van der Waals surface area (Å²) in [4.78, 5) is 11.8. The number of benzene rings is 2. The number of carbonyl (C=O) groups is 1. The largest absolute Gasteiger partial charge is 0.462 e. The van der Waals surface area contributed by atoms with Crippen molar-refractivity contribution in [2.45, 2.75) is 13.5 Å². The van der Waals surface area contributed by atoms with Crippen LogP contribution in [0.5, 0.6) is 0 Å². The van der Waals surface area contributed by atoms with Gasteiger partial charge in [0, 0.05) is 16.6 Å². The molecule has 0 aliphatic heterocycles. The number of nitrogen functional groups attached to an aromatic ring is 2. The Labute approximate surface area is 144 Å². The van der Waals surface area contributed by atoms with Gasteiger partial charge in [0.05, 0.1) is 29.2 Å². The van der Waals surface area contributed by atoms with Gasteiger partial charge >= 0.3 is 5.97 Å². The lowest BCUT2D eigenvalue weighted by Gasteiger charge is -2.14. The lowest BCUT2D eigenvalue weighted by molar-refractivity contribution is 0.0527. The van der Waals surface area contributed by atoms with Crippen molar-refractivity contribution < 1.29 is 9.53 Å². The van der Waals surface area contributed by atoms with Crippen LogP contribution in [0.1, 0.15) is 22.8 Å². The second-order valence-electron chi connectivity index (χ2n) is 4.84. The molecule has 2 rings (SSSR count). The number of nitrogens with one attached hydrogen (secondary N) is 1. The molecule has 7 heteroatoms. The van der Waals surface area contributed by atoms with Crippen molar-refractivity contribution in [3.8, 4) is 0 Å². The van der Waals surface area contributed by atoms with E-state index in [1.807, 2.05) is 0 Å². The normalized spacial score (nSPS) is 10.4. The Balaban J connectivity index is 2.18. The summed E-state index contributed by atoms with van der Waals surface area (Å²) < 4.78 is 4.94. The molecule has 0 radical (unpaired) electrons. The first-order chi connectivity index (χ1) is 10.9. The molecule has 0 heterocycles. The van der Waals surface area contributed by atoms with Gasteiger partial charge < -0.3 is 21.5 Å². The van der Waals surface area contributed by atoms with Crippen molar-refractivity contribution >= 4 is 46.2 Å². The highest BCUT2D eigenvalue weighted by atomic mass is 35.5. The van der Waals surface area contributed by atoms with Crippen LogP contribution in [0.2, 0.25) is 10.0 Å². The number of carbonyl (C=O) groups excluding carboxylic acids is 1. The third kappa shape index (κ3) is 4.21. The van der Waals surface area contributed by atoms with Crippen LogP contribution in [-0.2, 0) is 11.3 Å². The van der Waals surface area contributed by atoms with E-state index in [9.17, 15) is 4.79 Å². The number of hydrogen-bond acceptors (Lipinski definition) is 5. The zero-order chi connectivity index (χ0) is 17.0. The van der Waals surface area contributed by atoms with Gasteiger partial charge in [-0.3, -0.25) is 0 Å². The first-order valence-electron chi connectivity index (χ1n) is 6.96. The molecule has 122 valence electrons. The predicted octanol–water partition coefficient (Wildman–Crippen LogP) is 3.95. The highest BCUT2D eigenvalue weighted by molar-refractivity contribution is 6.34. The van der Waals surface area contributed by atoms with Crippen LogP contribution in [0.15, 0.2) is 30.3 Å². The molecule has 0 saturated heterocycles. The van der Waals surface area contributed by atoms with E-state index in [2.05, 4.69) is 5.32 Å². The van der Waals surface area contributed by atoms with Crippen LogP contribution in [0.25, 0.3) is 0 Å². The molecule has 0 bridgehead atoms. The first kappa shape index (κ1) is 17.2. The maximum Gasteiger partial charge on any atom is 0.340 e. The van der Waals surface area contributed by atoms with Crippen molar-refractivity contribution in [3.63, 3.8) is 0 Å². The van der Waals surface area contributed by atoms with Gasteiger partial charge in [0.2, 0.25) is 0 Å². The summed E-state index contributed by atoms with van der Waals surface area (Å²) in [6, 6.07) is 8.52. The summed E-state index contributed by atoms with van der Waals surface area (Å²) in [7, 11) is 0. The molecule has 5 N–H and O–H groups in total. The molecular weight excluding hydrogens is 337 g/mol. The Morgan fingerprint density at radius 3 is 2.39 bits per heavy atom. The number of ether oxygens (including phenoxy) is 1. The molecular formula is C16H17Cl2N3O2. The molecule has 0 fully saturated rings. The van der Waals surface area contributed by atoms with Crippen molar-refractivity contribution in [1.29, 1.82) is 0 Å². The average Bonchev–Trinajstić information content (AvgIpc) is 2.48. The van der Waals surface area contributed by atoms with E-state index in [-0.39, 0.29) is 17.9 Å². The Kier molecular flexibility index (Phi) is 5.58. The Hall–Kier alpha value is -2.11. The van der Waals surface area contributed by atoms with Gasteiger partial charge in [-0.15, -0.1) is 0 Å². The molecule has 0 amide bonds. The SMILES string of the molecule is CCOC(=O)c1ccc(NCc2cc(Cl)cc(Cl)c2)c(N)c1N. The summed E-state index contributed by atoms with van der Waals surface area (Å²) in [5.41, 5.74) is 14.2. The van der Waals surface area contributed by atoms with Crippen molar-refractivity contribution in [2.75, 3.05) is 23.4 Å². The minimum Gasteiger partial charge on any atom is -0.462 e. The molecule has 0 unspecified atom stereocenters. The van der Waals surface area contributed by atoms with Gasteiger partial charge in [0.1, 0.15) is 0 Å². The molecule has 23 heavy (non-hydrogen) atoms. The highest BCUT2D eigenvalue weighted by Crippen LogP contribution is 2.30. The van der Waals surface area contributed by atoms with Crippen LogP contribution in [0.3, 0.4) is 0 Å². The summed E-state index contributed by atoms with van der Waals surface area (Å²) in [5, 5.41) is 4.26. The monoisotopic (exact) mass is 353 g/mol. The van der Waals surface area contributed by atoms with Crippen LogP contribution in [0, 0.1) is 0 Å². The first-order valence-corrected chi connectivity index (χ1v) is 7.72. The number of rotatable bonds is 5. The average molecular weight is 354 g/mol. The number of anilines is 3. The van der Waals surface area contributed by atoms with Gasteiger partial charge in [-0.1, -0.05) is 23.2 Å². The van der Waals surface area contributed by atoms with Crippen molar-refractivity contribution in [3.05, 3.63) is 51.5 Å². The van der Waals surface area contributed by atoms with Crippen molar-refractivity contribution in [1.82, 2.24) is 0 Å². The highest BCUT2D eigenvalue weighted by Gasteiger charge is 2.15. The fraction of sp³-hybridized carbons (Fsp3) is 0.188.